The van der Waals surface area contributed by atoms with Crippen LogP contribution in [0.15, 0.2) is 54.6 Å². The molecule has 4 heteroatoms. The summed E-state index contributed by atoms with van der Waals surface area (Å²) in [6.45, 7) is 1.97. The second-order valence-electron chi connectivity index (χ2n) is 4.90. The van der Waals surface area contributed by atoms with Crippen LogP contribution in [0.2, 0.25) is 0 Å². The second-order valence-corrected chi connectivity index (χ2v) is 4.90. The van der Waals surface area contributed by atoms with E-state index < -0.39 is 5.66 Å². The molecular formula is C16H18N2O2. The van der Waals surface area contributed by atoms with Crippen LogP contribution in [-0.4, -0.2) is 12.0 Å². The lowest BCUT2D eigenvalue weighted by Crippen LogP contribution is -2.49. The van der Waals surface area contributed by atoms with Crippen molar-refractivity contribution in [2.45, 2.75) is 19.0 Å². The normalized spacial score (nSPS) is 13.7. The van der Waals surface area contributed by atoms with E-state index in [2.05, 4.69) is 5.32 Å². The topological polar surface area (TPSA) is 55.2 Å². The molecule has 2 rings (SSSR count). The van der Waals surface area contributed by atoms with Crippen LogP contribution in [0.1, 0.15) is 16.7 Å². The fourth-order valence-electron chi connectivity index (χ4n) is 2.32. The Labute approximate surface area is 118 Å². The van der Waals surface area contributed by atoms with E-state index in [0.29, 0.717) is 12.0 Å². The first-order valence-electron chi connectivity index (χ1n) is 6.53. The summed E-state index contributed by atoms with van der Waals surface area (Å²) >= 11 is 0. The molecule has 0 aromatic heterocycles. The Balaban J connectivity index is 2.45. The molecule has 0 radical (unpaired) electrons. The molecule has 4 nitrogen and oxygen atoms in total. The summed E-state index contributed by atoms with van der Waals surface area (Å²) in [7, 11) is 1.63. The van der Waals surface area contributed by atoms with Gasteiger partial charge < -0.3 is 0 Å². The standard InChI is InChI=1S/C16H18N2O2/c1-13-8-10-15(11-9-13)16(17-2,18(19)20)12-14-6-4-3-5-7-14/h3-11,17H,12H2,1-2H3. The Morgan fingerprint density at radius 1 is 1.10 bits per heavy atom. The highest BCUT2D eigenvalue weighted by atomic mass is 16.6. The van der Waals surface area contributed by atoms with Gasteiger partial charge in [-0.1, -0.05) is 60.2 Å². The van der Waals surface area contributed by atoms with Gasteiger partial charge in [-0.3, -0.25) is 15.4 Å². The summed E-state index contributed by atoms with van der Waals surface area (Å²) in [4.78, 5) is 11.4. The van der Waals surface area contributed by atoms with Crippen molar-refractivity contribution < 1.29 is 4.92 Å². The van der Waals surface area contributed by atoms with Crippen molar-refractivity contribution in [3.05, 3.63) is 81.4 Å². The lowest BCUT2D eigenvalue weighted by Gasteiger charge is -2.25. The summed E-state index contributed by atoms with van der Waals surface area (Å²) in [5.41, 5.74) is 1.38. The van der Waals surface area contributed by atoms with Crippen LogP contribution in [0.4, 0.5) is 0 Å². The molecule has 0 saturated heterocycles. The Kier molecular flexibility index (Phi) is 4.15. The molecule has 1 N–H and O–H groups in total. The molecule has 1 atom stereocenters. The summed E-state index contributed by atoms with van der Waals surface area (Å²) in [5, 5.41) is 14.6. The molecule has 0 spiro atoms. The quantitative estimate of drug-likeness (QED) is 0.516. The number of aryl methyl sites for hydroxylation is 1. The number of rotatable bonds is 5. The van der Waals surface area contributed by atoms with E-state index in [1.165, 1.54) is 0 Å². The molecule has 0 fully saturated rings. The predicted molar refractivity (Wildman–Crippen MR) is 79.1 cm³/mol. The first-order valence-corrected chi connectivity index (χ1v) is 6.53. The van der Waals surface area contributed by atoms with Gasteiger partial charge in [0.05, 0.1) is 6.42 Å². The number of nitro groups is 1. The number of benzene rings is 2. The maximum Gasteiger partial charge on any atom is 0.304 e. The predicted octanol–water partition coefficient (Wildman–Crippen LogP) is 2.89. The van der Waals surface area contributed by atoms with Crippen LogP contribution in [0.25, 0.3) is 0 Å². The maximum atomic E-state index is 11.7. The van der Waals surface area contributed by atoms with Gasteiger partial charge in [-0.2, -0.15) is 0 Å². The summed E-state index contributed by atoms with van der Waals surface area (Å²) in [6, 6.07) is 16.9. The molecule has 2 aromatic rings. The minimum atomic E-state index is -1.30. The number of hydrogen-bond donors (Lipinski definition) is 1. The highest BCUT2D eigenvalue weighted by Gasteiger charge is 2.43. The monoisotopic (exact) mass is 270 g/mol. The van der Waals surface area contributed by atoms with Gasteiger partial charge in [0.25, 0.3) is 0 Å². The Bertz CT molecular complexity index is 581. The van der Waals surface area contributed by atoms with E-state index in [1.54, 1.807) is 7.05 Å². The zero-order valence-corrected chi connectivity index (χ0v) is 11.7. The third-order valence-electron chi connectivity index (χ3n) is 3.56. The summed E-state index contributed by atoms with van der Waals surface area (Å²) < 4.78 is 0. The van der Waals surface area contributed by atoms with Gasteiger partial charge in [0.1, 0.15) is 0 Å². The molecule has 0 saturated carbocycles. The number of likely N-dealkylation sites (N-methyl/N-ethyl adjacent to an activating group) is 1. The first-order chi connectivity index (χ1) is 9.58. The van der Waals surface area contributed by atoms with E-state index in [9.17, 15) is 10.1 Å². The summed E-state index contributed by atoms with van der Waals surface area (Å²) in [5.74, 6) is 0. The Morgan fingerprint density at radius 2 is 1.70 bits per heavy atom. The largest absolute Gasteiger partial charge is 0.304 e. The van der Waals surface area contributed by atoms with Crippen molar-refractivity contribution in [3.63, 3.8) is 0 Å². The van der Waals surface area contributed by atoms with Gasteiger partial charge in [0.2, 0.25) is 0 Å². The molecule has 104 valence electrons. The van der Waals surface area contributed by atoms with E-state index in [1.807, 2.05) is 61.5 Å². The van der Waals surface area contributed by atoms with Crippen molar-refractivity contribution in [1.29, 1.82) is 0 Å². The van der Waals surface area contributed by atoms with Crippen LogP contribution < -0.4 is 5.32 Å². The van der Waals surface area contributed by atoms with Gasteiger partial charge in [0, 0.05) is 10.5 Å². The average Bonchev–Trinajstić information content (AvgIpc) is 2.46. The van der Waals surface area contributed by atoms with E-state index in [4.69, 9.17) is 0 Å². The molecule has 0 heterocycles. The van der Waals surface area contributed by atoms with Crippen molar-refractivity contribution in [2.75, 3.05) is 7.05 Å². The SMILES string of the molecule is CNC(Cc1ccccc1)(c1ccc(C)cc1)[N+](=O)[O-]. The van der Waals surface area contributed by atoms with Crippen molar-refractivity contribution in [2.24, 2.45) is 0 Å². The van der Waals surface area contributed by atoms with Gasteiger partial charge in [0.15, 0.2) is 0 Å². The third-order valence-corrected chi connectivity index (χ3v) is 3.56. The molecule has 2 aromatic carbocycles. The van der Waals surface area contributed by atoms with Crippen molar-refractivity contribution in [1.82, 2.24) is 5.32 Å². The number of nitrogens with zero attached hydrogens (tertiary/aromatic N) is 1. The van der Waals surface area contributed by atoms with Crippen LogP contribution in [0, 0.1) is 17.0 Å². The van der Waals surface area contributed by atoms with Crippen LogP contribution in [0.3, 0.4) is 0 Å². The van der Waals surface area contributed by atoms with Crippen molar-refractivity contribution in [3.8, 4) is 0 Å². The van der Waals surface area contributed by atoms with Gasteiger partial charge in [-0.25, -0.2) is 0 Å². The fraction of sp³-hybridized carbons (Fsp3) is 0.250. The molecule has 0 aliphatic heterocycles. The highest BCUT2D eigenvalue weighted by molar-refractivity contribution is 5.29. The minimum absolute atomic E-state index is 0.245. The molecule has 1 unspecified atom stereocenters. The van der Waals surface area contributed by atoms with E-state index in [0.717, 1.165) is 11.1 Å². The zero-order valence-electron chi connectivity index (χ0n) is 11.7. The number of hydrogen-bond acceptors (Lipinski definition) is 3. The van der Waals surface area contributed by atoms with Gasteiger partial charge >= 0.3 is 5.66 Å². The van der Waals surface area contributed by atoms with Crippen LogP contribution >= 0.6 is 0 Å². The van der Waals surface area contributed by atoms with E-state index >= 15 is 0 Å². The van der Waals surface area contributed by atoms with Gasteiger partial charge in [-0.05, 0) is 19.5 Å². The Hall–Kier alpha value is -2.20. The van der Waals surface area contributed by atoms with Crippen LogP contribution in [-0.2, 0) is 12.1 Å². The summed E-state index contributed by atoms with van der Waals surface area (Å²) in [6.07, 6.45) is 0.306. The molecule has 0 aliphatic rings. The average molecular weight is 270 g/mol. The molecule has 0 bridgehead atoms. The molecule has 0 aliphatic carbocycles. The molecule has 0 amide bonds. The highest BCUT2D eigenvalue weighted by Crippen LogP contribution is 2.26. The minimum Gasteiger partial charge on any atom is -0.262 e. The number of nitrogens with one attached hydrogen (secondary N) is 1. The van der Waals surface area contributed by atoms with Crippen LogP contribution in [0.5, 0.6) is 0 Å². The van der Waals surface area contributed by atoms with E-state index in [-0.39, 0.29) is 4.92 Å². The smallest absolute Gasteiger partial charge is 0.262 e. The van der Waals surface area contributed by atoms with Gasteiger partial charge in [-0.15, -0.1) is 0 Å². The maximum absolute atomic E-state index is 11.7. The Morgan fingerprint density at radius 3 is 2.20 bits per heavy atom. The van der Waals surface area contributed by atoms with Crippen molar-refractivity contribution >= 4 is 0 Å². The molecule has 20 heavy (non-hydrogen) atoms. The fourth-order valence-corrected chi connectivity index (χ4v) is 2.32. The zero-order chi connectivity index (χ0) is 14.6. The lowest BCUT2D eigenvalue weighted by atomic mass is 9.92. The third kappa shape index (κ3) is 2.70. The lowest BCUT2D eigenvalue weighted by molar-refractivity contribution is -0.587. The second kappa shape index (κ2) is 5.84. The first kappa shape index (κ1) is 14.2. The molecular weight excluding hydrogens is 252 g/mol.